The van der Waals surface area contributed by atoms with Crippen molar-refractivity contribution in [2.45, 2.75) is 25.3 Å². The minimum Gasteiger partial charge on any atom is -0.354 e. The molecule has 1 aliphatic heterocycles. The Morgan fingerprint density at radius 2 is 2.07 bits per heavy atom. The number of hydrogen-bond donors (Lipinski definition) is 1. The number of amides is 1. The van der Waals surface area contributed by atoms with Crippen LogP contribution in [0.2, 0.25) is 0 Å². The van der Waals surface area contributed by atoms with E-state index < -0.39 is 0 Å². The molecule has 1 unspecified atom stereocenters. The smallest absolute Gasteiger partial charge is 0.242 e. The molecule has 28 heavy (non-hydrogen) atoms. The minimum absolute atomic E-state index is 0.0532. The fraction of sp³-hybridized carbons (Fsp3) is 0.300. The molecule has 1 N–H and O–H groups in total. The monoisotopic (exact) mass is 440 g/mol. The lowest BCUT2D eigenvalue weighted by Gasteiger charge is -2.25. The highest BCUT2D eigenvalue weighted by Crippen LogP contribution is 2.24. The largest absolute Gasteiger partial charge is 0.354 e. The number of carbonyl (C=O) groups is 1. The van der Waals surface area contributed by atoms with Gasteiger partial charge < -0.3 is 10.2 Å². The first-order valence-corrected chi connectivity index (χ1v) is 10.1. The molecule has 0 saturated carbocycles. The molecule has 0 spiro atoms. The first-order chi connectivity index (χ1) is 13.7. The molecule has 4 rings (SSSR count). The second kappa shape index (κ2) is 8.52. The first-order valence-electron chi connectivity index (χ1n) is 9.31. The van der Waals surface area contributed by atoms with Crippen LogP contribution >= 0.6 is 15.9 Å². The Balaban J connectivity index is 1.39. The van der Waals surface area contributed by atoms with Crippen molar-refractivity contribution in [1.29, 1.82) is 0 Å². The molecule has 1 aromatic carbocycles. The van der Waals surface area contributed by atoms with Gasteiger partial charge in [-0.2, -0.15) is 4.98 Å². The number of nitrogens with zero attached hydrogens (tertiary/aromatic N) is 5. The topological polar surface area (TPSA) is 75.9 Å². The van der Waals surface area contributed by atoms with Gasteiger partial charge in [0.15, 0.2) is 0 Å². The third-order valence-electron chi connectivity index (χ3n) is 4.84. The maximum Gasteiger partial charge on any atom is 0.242 e. The van der Waals surface area contributed by atoms with E-state index in [4.69, 9.17) is 0 Å². The van der Waals surface area contributed by atoms with Crippen LogP contribution in [0.25, 0.3) is 5.95 Å². The molecule has 1 atom stereocenters. The number of halogens is 1. The highest BCUT2D eigenvalue weighted by Gasteiger charge is 2.31. The van der Waals surface area contributed by atoms with Crippen molar-refractivity contribution in [2.24, 2.45) is 0 Å². The van der Waals surface area contributed by atoms with Crippen LogP contribution in [0.4, 0.5) is 5.82 Å². The van der Waals surface area contributed by atoms with E-state index in [1.165, 1.54) is 5.56 Å². The van der Waals surface area contributed by atoms with Gasteiger partial charge in [-0.1, -0.05) is 28.1 Å². The number of hydrogen-bond acceptors (Lipinski definition) is 5. The predicted molar refractivity (Wildman–Crippen MR) is 110 cm³/mol. The van der Waals surface area contributed by atoms with Gasteiger partial charge in [-0.15, -0.1) is 0 Å². The van der Waals surface area contributed by atoms with Crippen LogP contribution in [0, 0.1) is 0 Å². The minimum atomic E-state index is -0.199. The Kier molecular flexibility index (Phi) is 5.66. The molecule has 1 saturated heterocycles. The van der Waals surface area contributed by atoms with E-state index in [1.54, 1.807) is 29.5 Å². The Morgan fingerprint density at radius 3 is 2.86 bits per heavy atom. The van der Waals surface area contributed by atoms with E-state index in [0.29, 0.717) is 12.5 Å². The summed E-state index contributed by atoms with van der Waals surface area (Å²) in [6.07, 6.45) is 9.48. The summed E-state index contributed by atoms with van der Waals surface area (Å²) in [5, 5.41) is 3.08. The average molecular weight is 441 g/mol. The Labute approximate surface area is 172 Å². The van der Waals surface area contributed by atoms with Crippen molar-refractivity contribution in [3.63, 3.8) is 0 Å². The Hall–Kier alpha value is -2.74. The van der Waals surface area contributed by atoms with Crippen molar-refractivity contribution in [1.82, 2.24) is 24.8 Å². The lowest BCUT2D eigenvalue weighted by atomic mass is 10.1. The lowest BCUT2D eigenvalue weighted by molar-refractivity contribution is -0.122. The van der Waals surface area contributed by atoms with Gasteiger partial charge in [0.05, 0.1) is 0 Å². The van der Waals surface area contributed by atoms with E-state index >= 15 is 0 Å². The Bertz CT molecular complexity index is 928. The third kappa shape index (κ3) is 4.22. The molecule has 1 fully saturated rings. The van der Waals surface area contributed by atoms with Gasteiger partial charge in [0.2, 0.25) is 11.9 Å². The standard InChI is InChI=1S/C20H21BrN6O/c21-16-5-3-15(4-6-16)7-9-23-19(28)17-2-1-12-27(17)18-8-10-24-20(25-18)26-13-11-22-14-26/h3-6,8,10-11,13-14,17H,1-2,7,9,12H2,(H,23,28). The maximum absolute atomic E-state index is 12.8. The number of imidazole rings is 1. The lowest BCUT2D eigenvalue weighted by Crippen LogP contribution is -2.44. The second-order valence-corrected chi connectivity index (χ2v) is 7.62. The molecule has 2 aromatic heterocycles. The number of nitrogens with one attached hydrogen (secondary N) is 1. The molecule has 144 valence electrons. The number of anilines is 1. The van der Waals surface area contributed by atoms with Crippen molar-refractivity contribution in [3.8, 4) is 5.95 Å². The summed E-state index contributed by atoms with van der Waals surface area (Å²) >= 11 is 3.44. The van der Waals surface area contributed by atoms with E-state index in [2.05, 4.69) is 53.2 Å². The molecule has 7 nitrogen and oxygen atoms in total. The van der Waals surface area contributed by atoms with Crippen LogP contribution in [0.3, 0.4) is 0 Å². The van der Waals surface area contributed by atoms with Crippen molar-refractivity contribution >= 4 is 27.7 Å². The normalized spacial score (nSPS) is 16.3. The molecule has 0 bridgehead atoms. The van der Waals surface area contributed by atoms with E-state index in [1.807, 2.05) is 18.2 Å². The van der Waals surface area contributed by atoms with Crippen LogP contribution in [-0.4, -0.2) is 44.6 Å². The summed E-state index contributed by atoms with van der Waals surface area (Å²) in [6, 6.07) is 9.82. The van der Waals surface area contributed by atoms with Crippen LogP contribution in [0.15, 0.2) is 59.7 Å². The van der Waals surface area contributed by atoms with E-state index in [-0.39, 0.29) is 11.9 Å². The van der Waals surface area contributed by atoms with Crippen LogP contribution in [0.5, 0.6) is 0 Å². The van der Waals surface area contributed by atoms with Crippen LogP contribution < -0.4 is 10.2 Å². The molecular weight excluding hydrogens is 420 g/mol. The van der Waals surface area contributed by atoms with Gasteiger partial charge in [-0.25, -0.2) is 9.97 Å². The van der Waals surface area contributed by atoms with Gasteiger partial charge in [-0.3, -0.25) is 9.36 Å². The van der Waals surface area contributed by atoms with E-state index in [0.717, 1.165) is 36.1 Å². The maximum atomic E-state index is 12.8. The van der Waals surface area contributed by atoms with Crippen molar-refractivity contribution in [2.75, 3.05) is 18.0 Å². The average Bonchev–Trinajstić information content (AvgIpc) is 3.42. The molecule has 3 heterocycles. The second-order valence-electron chi connectivity index (χ2n) is 6.70. The molecule has 3 aromatic rings. The molecular formula is C20H21BrN6O. The molecule has 0 aliphatic carbocycles. The quantitative estimate of drug-likeness (QED) is 0.637. The molecule has 1 amide bonds. The van der Waals surface area contributed by atoms with Gasteiger partial charge in [0.25, 0.3) is 0 Å². The molecule has 8 heteroatoms. The number of benzene rings is 1. The summed E-state index contributed by atoms with van der Waals surface area (Å²) in [5.41, 5.74) is 1.20. The zero-order chi connectivity index (χ0) is 19.3. The highest BCUT2D eigenvalue weighted by molar-refractivity contribution is 9.10. The zero-order valence-corrected chi connectivity index (χ0v) is 16.9. The summed E-state index contributed by atoms with van der Waals surface area (Å²) in [7, 11) is 0. The molecule has 0 radical (unpaired) electrons. The fourth-order valence-corrected chi connectivity index (χ4v) is 3.68. The number of rotatable bonds is 6. The van der Waals surface area contributed by atoms with Crippen molar-refractivity contribution < 1.29 is 4.79 Å². The van der Waals surface area contributed by atoms with Gasteiger partial charge in [0.1, 0.15) is 18.2 Å². The van der Waals surface area contributed by atoms with Crippen molar-refractivity contribution in [3.05, 3.63) is 65.3 Å². The predicted octanol–water partition coefficient (Wildman–Crippen LogP) is 2.75. The van der Waals surface area contributed by atoms with Gasteiger partial charge >= 0.3 is 0 Å². The number of carbonyl (C=O) groups excluding carboxylic acids is 1. The third-order valence-corrected chi connectivity index (χ3v) is 5.37. The zero-order valence-electron chi connectivity index (χ0n) is 15.3. The first kappa shape index (κ1) is 18.6. The summed E-state index contributed by atoms with van der Waals surface area (Å²) in [4.78, 5) is 27.8. The summed E-state index contributed by atoms with van der Waals surface area (Å²) < 4.78 is 2.81. The fourth-order valence-electron chi connectivity index (χ4n) is 3.41. The van der Waals surface area contributed by atoms with Gasteiger partial charge in [-0.05, 0) is 43.0 Å². The van der Waals surface area contributed by atoms with Gasteiger partial charge in [0, 0.05) is 36.2 Å². The Morgan fingerprint density at radius 1 is 1.21 bits per heavy atom. The van der Waals surface area contributed by atoms with Crippen LogP contribution in [0.1, 0.15) is 18.4 Å². The van der Waals surface area contributed by atoms with Crippen LogP contribution in [-0.2, 0) is 11.2 Å². The highest BCUT2D eigenvalue weighted by atomic mass is 79.9. The van der Waals surface area contributed by atoms with E-state index in [9.17, 15) is 4.79 Å². The number of aromatic nitrogens is 4. The summed E-state index contributed by atoms with van der Waals surface area (Å²) in [5.74, 6) is 1.37. The SMILES string of the molecule is O=C(NCCc1ccc(Br)cc1)C1CCCN1c1ccnc(-n2ccnc2)n1. The summed E-state index contributed by atoms with van der Waals surface area (Å²) in [6.45, 7) is 1.43. The molecule has 1 aliphatic rings.